The van der Waals surface area contributed by atoms with Crippen molar-refractivity contribution in [1.29, 1.82) is 0 Å². The molecule has 1 saturated carbocycles. The summed E-state index contributed by atoms with van der Waals surface area (Å²) in [7, 11) is 4.08. The molecular formula is C10H22N4. The van der Waals surface area contributed by atoms with E-state index in [1.165, 1.54) is 25.7 Å². The Morgan fingerprint density at radius 2 is 2.07 bits per heavy atom. The Labute approximate surface area is 86.6 Å². The summed E-state index contributed by atoms with van der Waals surface area (Å²) in [6.45, 7) is 1.73. The first-order valence-corrected chi connectivity index (χ1v) is 5.39. The Kier molecular flexibility index (Phi) is 4.73. The molecule has 0 aromatic carbocycles. The Morgan fingerprint density at radius 3 is 2.64 bits per heavy atom. The summed E-state index contributed by atoms with van der Waals surface area (Å²) in [6, 6.07) is 0.568. The summed E-state index contributed by atoms with van der Waals surface area (Å²) in [5.74, 6) is 0.610. The normalized spacial score (nSPS) is 19.2. The first kappa shape index (κ1) is 11.3. The lowest BCUT2D eigenvalue weighted by Crippen LogP contribution is -2.39. The molecule has 0 atom stereocenters. The van der Waals surface area contributed by atoms with Crippen molar-refractivity contribution in [2.45, 2.75) is 31.7 Å². The van der Waals surface area contributed by atoms with Crippen molar-refractivity contribution in [2.75, 3.05) is 27.2 Å². The van der Waals surface area contributed by atoms with Gasteiger partial charge in [0.2, 0.25) is 0 Å². The van der Waals surface area contributed by atoms with E-state index in [4.69, 9.17) is 5.73 Å². The highest BCUT2D eigenvalue weighted by Crippen LogP contribution is 2.17. The molecule has 0 amide bonds. The molecule has 0 aromatic rings. The van der Waals surface area contributed by atoms with Crippen molar-refractivity contribution >= 4 is 5.96 Å². The molecule has 0 aromatic heterocycles. The second-order valence-electron chi connectivity index (χ2n) is 4.20. The Morgan fingerprint density at radius 1 is 1.43 bits per heavy atom. The largest absolute Gasteiger partial charge is 0.370 e. The number of hydrogen-bond donors (Lipinski definition) is 2. The molecule has 14 heavy (non-hydrogen) atoms. The average molecular weight is 198 g/mol. The molecule has 0 bridgehead atoms. The molecule has 1 rings (SSSR count). The van der Waals surface area contributed by atoms with Gasteiger partial charge < -0.3 is 16.0 Å². The number of rotatable bonds is 4. The van der Waals surface area contributed by atoms with Crippen molar-refractivity contribution in [3.05, 3.63) is 0 Å². The third-order valence-corrected chi connectivity index (χ3v) is 2.54. The van der Waals surface area contributed by atoms with Crippen LogP contribution in [0.5, 0.6) is 0 Å². The molecule has 0 unspecified atom stereocenters. The van der Waals surface area contributed by atoms with E-state index >= 15 is 0 Å². The summed E-state index contributed by atoms with van der Waals surface area (Å²) < 4.78 is 0. The third kappa shape index (κ3) is 4.46. The molecule has 0 saturated heterocycles. The fourth-order valence-electron chi connectivity index (χ4n) is 1.70. The van der Waals surface area contributed by atoms with E-state index in [0.717, 1.165) is 13.1 Å². The zero-order valence-corrected chi connectivity index (χ0v) is 9.29. The highest BCUT2D eigenvalue weighted by Gasteiger charge is 2.14. The number of nitrogens with one attached hydrogen (secondary N) is 1. The topological polar surface area (TPSA) is 53.6 Å². The van der Waals surface area contributed by atoms with Gasteiger partial charge in [0.25, 0.3) is 0 Å². The van der Waals surface area contributed by atoms with Crippen molar-refractivity contribution in [3.63, 3.8) is 0 Å². The molecule has 0 radical (unpaired) electrons. The van der Waals surface area contributed by atoms with E-state index in [0.29, 0.717) is 12.0 Å². The van der Waals surface area contributed by atoms with Crippen LogP contribution in [0, 0.1) is 0 Å². The van der Waals surface area contributed by atoms with Crippen molar-refractivity contribution in [1.82, 2.24) is 10.2 Å². The SMILES string of the molecule is CN(C)CCN=C(N)NC1CCCC1. The van der Waals surface area contributed by atoms with E-state index in [9.17, 15) is 0 Å². The van der Waals surface area contributed by atoms with Crippen LogP contribution in [0.25, 0.3) is 0 Å². The van der Waals surface area contributed by atoms with Crippen molar-refractivity contribution < 1.29 is 0 Å². The number of hydrogen-bond acceptors (Lipinski definition) is 2. The molecule has 0 heterocycles. The summed E-state index contributed by atoms with van der Waals surface area (Å²) in [6.07, 6.45) is 5.12. The average Bonchev–Trinajstić information content (AvgIpc) is 2.56. The van der Waals surface area contributed by atoms with Crippen LogP contribution < -0.4 is 11.1 Å². The van der Waals surface area contributed by atoms with E-state index in [-0.39, 0.29) is 0 Å². The van der Waals surface area contributed by atoms with E-state index < -0.39 is 0 Å². The van der Waals surface area contributed by atoms with Gasteiger partial charge in [-0.3, -0.25) is 4.99 Å². The number of nitrogens with zero attached hydrogens (tertiary/aromatic N) is 2. The zero-order valence-electron chi connectivity index (χ0n) is 9.29. The van der Waals surface area contributed by atoms with Crippen LogP contribution in [0.2, 0.25) is 0 Å². The standard InChI is InChI=1S/C10H22N4/c1-14(2)8-7-12-10(11)13-9-5-3-4-6-9/h9H,3-8H2,1-2H3,(H3,11,12,13). The molecule has 1 aliphatic rings. The zero-order chi connectivity index (χ0) is 10.4. The van der Waals surface area contributed by atoms with E-state index in [1.807, 2.05) is 14.1 Å². The number of aliphatic imine (C=N–C) groups is 1. The highest BCUT2D eigenvalue weighted by molar-refractivity contribution is 5.78. The van der Waals surface area contributed by atoms with Gasteiger partial charge in [0, 0.05) is 12.6 Å². The maximum absolute atomic E-state index is 5.76. The molecule has 3 N–H and O–H groups in total. The predicted molar refractivity (Wildman–Crippen MR) is 60.4 cm³/mol. The van der Waals surface area contributed by atoms with Crippen LogP contribution in [-0.4, -0.2) is 44.1 Å². The Hall–Kier alpha value is -0.770. The summed E-state index contributed by atoms with van der Waals surface area (Å²) >= 11 is 0. The quantitative estimate of drug-likeness (QED) is 0.508. The van der Waals surface area contributed by atoms with Gasteiger partial charge >= 0.3 is 0 Å². The molecule has 0 spiro atoms. The molecule has 0 aliphatic heterocycles. The van der Waals surface area contributed by atoms with Gasteiger partial charge in [-0.1, -0.05) is 12.8 Å². The van der Waals surface area contributed by atoms with Crippen LogP contribution in [0.3, 0.4) is 0 Å². The number of guanidine groups is 1. The summed E-state index contributed by atoms with van der Waals surface area (Å²) in [5.41, 5.74) is 5.76. The van der Waals surface area contributed by atoms with E-state index in [1.54, 1.807) is 0 Å². The Balaban J connectivity index is 2.15. The van der Waals surface area contributed by atoms with Gasteiger partial charge in [0.1, 0.15) is 0 Å². The van der Waals surface area contributed by atoms with E-state index in [2.05, 4.69) is 15.2 Å². The Bertz CT molecular complexity index is 183. The first-order valence-electron chi connectivity index (χ1n) is 5.39. The fourth-order valence-corrected chi connectivity index (χ4v) is 1.70. The molecule has 1 fully saturated rings. The number of likely N-dealkylation sites (N-methyl/N-ethyl adjacent to an activating group) is 1. The van der Waals surface area contributed by atoms with Crippen molar-refractivity contribution in [2.24, 2.45) is 10.7 Å². The first-order chi connectivity index (χ1) is 6.68. The molecule has 1 aliphatic carbocycles. The summed E-state index contributed by atoms with van der Waals surface area (Å²) in [5, 5.41) is 3.26. The lowest BCUT2D eigenvalue weighted by molar-refractivity contribution is 0.420. The van der Waals surface area contributed by atoms with Crippen LogP contribution in [0.4, 0.5) is 0 Å². The molecule has 4 heteroatoms. The predicted octanol–water partition coefficient (Wildman–Crippen LogP) is 0.395. The smallest absolute Gasteiger partial charge is 0.188 e. The number of nitrogens with two attached hydrogens (primary N) is 1. The van der Waals surface area contributed by atoms with Crippen LogP contribution in [0.1, 0.15) is 25.7 Å². The van der Waals surface area contributed by atoms with Gasteiger partial charge in [-0.15, -0.1) is 0 Å². The van der Waals surface area contributed by atoms with Gasteiger partial charge in [0.15, 0.2) is 5.96 Å². The monoisotopic (exact) mass is 198 g/mol. The molecule has 4 nitrogen and oxygen atoms in total. The van der Waals surface area contributed by atoms with Gasteiger partial charge in [-0.05, 0) is 26.9 Å². The minimum absolute atomic E-state index is 0.568. The van der Waals surface area contributed by atoms with Crippen LogP contribution in [0.15, 0.2) is 4.99 Å². The maximum atomic E-state index is 5.76. The van der Waals surface area contributed by atoms with Gasteiger partial charge in [-0.2, -0.15) is 0 Å². The van der Waals surface area contributed by atoms with Gasteiger partial charge in [-0.25, -0.2) is 0 Å². The fraction of sp³-hybridized carbons (Fsp3) is 0.900. The van der Waals surface area contributed by atoms with Crippen molar-refractivity contribution in [3.8, 4) is 0 Å². The molecule has 82 valence electrons. The second kappa shape index (κ2) is 5.86. The minimum atomic E-state index is 0.568. The minimum Gasteiger partial charge on any atom is -0.370 e. The third-order valence-electron chi connectivity index (χ3n) is 2.54. The lowest BCUT2D eigenvalue weighted by atomic mass is 10.2. The molecular weight excluding hydrogens is 176 g/mol. The second-order valence-corrected chi connectivity index (χ2v) is 4.20. The van der Waals surface area contributed by atoms with Crippen LogP contribution in [-0.2, 0) is 0 Å². The highest BCUT2D eigenvalue weighted by atomic mass is 15.1. The van der Waals surface area contributed by atoms with Gasteiger partial charge in [0.05, 0.1) is 6.54 Å². The lowest BCUT2D eigenvalue weighted by Gasteiger charge is -2.12. The maximum Gasteiger partial charge on any atom is 0.188 e. The van der Waals surface area contributed by atoms with Crippen LogP contribution >= 0.6 is 0 Å². The summed E-state index contributed by atoms with van der Waals surface area (Å²) in [4.78, 5) is 6.37.